The number of aromatic nitrogens is 5. The maximum Gasteiger partial charge on any atom is 0.343 e. The van der Waals surface area contributed by atoms with Crippen LogP contribution in [0.1, 0.15) is 43.0 Å². The molecule has 4 rings (SSSR count). The first-order chi connectivity index (χ1) is 12.1. The number of hydrogen-bond acceptors (Lipinski definition) is 5. The highest BCUT2D eigenvalue weighted by Crippen LogP contribution is 2.48. The van der Waals surface area contributed by atoms with Gasteiger partial charge in [0.15, 0.2) is 5.82 Å². The lowest BCUT2D eigenvalue weighted by Gasteiger charge is -2.27. The number of halogens is 2. The maximum absolute atomic E-state index is 11.6. The van der Waals surface area contributed by atoms with Crippen LogP contribution < -0.4 is 5.69 Å². The summed E-state index contributed by atoms with van der Waals surface area (Å²) in [6, 6.07) is 5.44. The third-order valence-corrected chi connectivity index (χ3v) is 5.29. The lowest BCUT2D eigenvalue weighted by molar-refractivity contribution is 0.353. The first-order valence-corrected chi connectivity index (χ1v) is 8.72. The lowest BCUT2D eigenvalue weighted by atomic mass is 9.78. The summed E-state index contributed by atoms with van der Waals surface area (Å²) in [6.45, 7) is 0.168. The standard InChI is InChI=1S/C16H15Cl2N5O2/c17-10-3-4-12(18)11(7-10)16(5-1-2-6-16)14-20-13(25-22-14)8-23-9-19-21-15(23)24/h3-4,7,9H,1-2,5-6,8H2,(H,21,24). The first-order valence-electron chi connectivity index (χ1n) is 7.97. The van der Waals surface area contributed by atoms with E-state index in [0.717, 1.165) is 31.2 Å². The number of hydrogen-bond donors (Lipinski definition) is 1. The molecule has 0 bridgehead atoms. The molecule has 1 aromatic carbocycles. The largest absolute Gasteiger partial charge is 0.343 e. The molecule has 3 aromatic rings. The Bertz CT molecular complexity index is 955. The molecule has 2 heterocycles. The predicted molar refractivity (Wildman–Crippen MR) is 92.0 cm³/mol. The van der Waals surface area contributed by atoms with Crippen molar-refractivity contribution in [3.8, 4) is 0 Å². The van der Waals surface area contributed by atoms with Crippen LogP contribution in [0.2, 0.25) is 10.0 Å². The second-order valence-corrected chi connectivity index (χ2v) is 7.06. The highest BCUT2D eigenvalue weighted by atomic mass is 35.5. The second kappa shape index (κ2) is 6.31. The Morgan fingerprint density at radius 1 is 1.28 bits per heavy atom. The molecule has 0 atom stereocenters. The van der Waals surface area contributed by atoms with E-state index in [9.17, 15) is 4.79 Å². The molecule has 0 aliphatic heterocycles. The molecule has 0 amide bonds. The normalized spacial score (nSPS) is 16.4. The van der Waals surface area contributed by atoms with Crippen molar-refractivity contribution in [2.45, 2.75) is 37.6 Å². The summed E-state index contributed by atoms with van der Waals surface area (Å²) in [7, 11) is 0. The van der Waals surface area contributed by atoms with Gasteiger partial charge in [-0.3, -0.25) is 4.57 Å². The van der Waals surface area contributed by atoms with Gasteiger partial charge in [-0.25, -0.2) is 9.89 Å². The van der Waals surface area contributed by atoms with E-state index < -0.39 is 5.41 Å². The molecular weight excluding hydrogens is 365 g/mol. The molecule has 0 unspecified atom stereocenters. The van der Waals surface area contributed by atoms with Crippen molar-refractivity contribution in [2.75, 3.05) is 0 Å². The molecule has 1 N–H and O–H groups in total. The molecule has 0 saturated heterocycles. The Morgan fingerprint density at radius 3 is 2.80 bits per heavy atom. The Morgan fingerprint density at radius 2 is 2.08 bits per heavy atom. The Balaban J connectivity index is 1.74. The fourth-order valence-electron chi connectivity index (χ4n) is 3.50. The van der Waals surface area contributed by atoms with Crippen LogP contribution in [0.15, 0.2) is 33.8 Å². The van der Waals surface area contributed by atoms with Gasteiger partial charge < -0.3 is 4.52 Å². The van der Waals surface area contributed by atoms with Gasteiger partial charge in [0.2, 0.25) is 5.89 Å². The van der Waals surface area contributed by atoms with Crippen LogP contribution in [0, 0.1) is 0 Å². The zero-order chi connectivity index (χ0) is 17.4. The summed E-state index contributed by atoms with van der Waals surface area (Å²) in [5.41, 5.74) is 0.186. The number of benzene rings is 1. The molecule has 25 heavy (non-hydrogen) atoms. The number of H-pyrrole nitrogens is 1. The van der Waals surface area contributed by atoms with Crippen LogP contribution >= 0.6 is 23.2 Å². The smallest absolute Gasteiger partial charge is 0.337 e. The summed E-state index contributed by atoms with van der Waals surface area (Å²) in [5.74, 6) is 0.934. The van der Waals surface area contributed by atoms with Gasteiger partial charge in [0, 0.05) is 10.0 Å². The number of nitrogens with zero attached hydrogens (tertiary/aromatic N) is 4. The van der Waals surface area contributed by atoms with Gasteiger partial charge in [0.05, 0.1) is 5.41 Å². The minimum atomic E-state index is -0.412. The average molecular weight is 380 g/mol. The minimum Gasteiger partial charge on any atom is -0.337 e. The van der Waals surface area contributed by atoms with Crippen LogP contribution in [-0.4, -0.2) is 24.9 Å². The number of rotatable bonds is 4. The van der Waals surface area contributed by atoms with Crippen LogP contribution in [0.4, 0.5) is 0 Å². The van der Waals surface area contributed by atoms with Crippen molar-refractivity contribution < 1.29 is 4.52 Å². The number of aromatic amines is 1. The van der Waals surface area contributed by atoms with Crippen molar-refractivity contribution in [2.24, 2.45) is 0 Å². The summed E-state index contributed by atoms with van der Waals surface area (Å²) in [6.07, 6.45) is 5.24. The van der Waals surface area contributed by atoms with Gasteiger partial charge in [-0.2, -0.15) is 10.1 Å². The SMILES string of the molecule is O=c1[nH]ncn1Cc1nc(C2(c3cc(Cl)ccc3Cl)CCCC2)no1. The molecule has 1 aliphatic carbocycles. The zero-order valence-corrected chi connectivity index (χ0v) is 14.7. The maximum atomic E-state index is 11.6. The molecule has 9 heteroatoms. The van der Waals surface area contributed by atoms with Gasteiger partial charge in [-0.1, -0.05) is 41.2 Å². The third kappa shape index (κ3) is 2.87. The highest BCUT2D eigenvalue weighted by molar-refractivity contribution is 6.33. The first kappa shape index (κ1) is 16.4. The van der Waals surface area contributed by atoms with Crippen LogP contribution in [0.25, 0.3) is 0 Å². The van der Waals surface area contributed by atoms with Gasteiger partial charge >= 0.3 is 5.69 Å². The van der Waals surface area contributed by atoms with Crippen molar-refractivity contribution >= 4 is 23.2 Å². The Hall–Kier alpha value is -2.12. The lowest BCUT2D eigenvalue weighted by Crippen LogP contribution is -2.26. The quantitative estimate of drug-likeness (QED) is 0.751. The van der Waals surface area contributed by atoms with Crippen molar-refractivity contribution in [3.63, 3.8) is 0 Å². The van der Waals surface area contributed by atoms with E-state index in [0.29, 0.717) is 21.8 Å². The predicted octanol–water partition coefficient (Wildman–Crippen LogP) is 3.17. The van der Waals surface area contributed by atoms with E-state index in [-0.39, 0.29) is 12.2 Å². The average Bonchev–Trinajstić information content (AvgIpc) is 3.32. The van der Waals surface area contributed by atoms with E-state index in [4.69, 9.17) is 27.7 Å². The number of nitrogens with one attached hydrogen (secondary N) is 1. The summed E-state index contributed by atoms with van der Waals surface area (Å²) < 4.78 is 6.75. The monoisotopic (exact) mass is 379 g/mol. The molecule has 2 aromatic heterocycles. The molecular formula is C16H15Cl2N5O2. The molecule has 7 nitrogen and oxygen atoms in total. The Kier molecular flexibility index (Phi) is 4.13. The van der Waals surface area contributed by atoms with Crippen molar-refractivity contribution in [3.05, 3.63) is 62.3 Å². The molecule has 0 radical (unpaired) electrons. The van der Waals surface area contributed by atoms with E-state index in [1.807, 2.05) is 6.07 Å². The van der Waals surface area contributed by atoms with Crippen molar-refractivity contribution in [1.29, 1.82) is 0 Å². The fourth-order valence-corrected chi connectivity index (χ4v) is 3.97. The molecule has 1 aliphatic rings. The van der Waals surface area contributed by atoms with Gasteiger partial charge in [0.1, 0.15) is 12.9 Å². The Labute approximate surface area is 153 Å². The summed E-state index contributed by atoms with van der Waals surface area (Å²) >= 11 is 12.6. The minimum absolute atomic E-state index is 0.168. The fraction of sp³-hybridized carbons (Fsp3) is 0.375. The van der Waals surface area contributed by atoms with E-state index in [2.05, 4.69) is 20.3 Å². The van der Waals surface area contributed by atoms with E-state index in [1.165, 1.54) is 10.9 Å². The van der Waals surface area contributed by atoms with E-state index in [1.54, 1.807) is 12.1 Å². The van der Waals surface area contributed by atoms with E-state index >= 15 is 0 Å². The van der Waals surface area contributed by atoms with Crippen LogP contribution in [-0.2, 0) is 12.0 Å². The van der Waals surface area contributed by atoms with Gasteiger partial charge in [-0.05, 0) is 36.6 Å². The van der Waals surface area contributed by atoms with Crippen LogP contribution in [0.3, 0.4) is 0 Å². The highest BCUT2D eigenvalue weighted by Gasteiger charge is 2.43. The summed E-state index contributed by atoms with van der Waals surface area (Å²) in [5, 5.41) is 11.5. The molecule has 1 fully saturated rings. The molecule has 0 spiro atoms. The molecule has 1 saturated carbocycles. The topological polar surface area (TPSA) is 89.6 Å². The third-order valence-electron chi connectivity index (χ3n) is 4.72. The van der Waals surface area contributed by atoms with Crippen LogP contribution in [0.5, 0.6) is 0 Å². The van der Waals surface area contributed by atoms with Gasteiger partial charge in [0.25, 0.3) is 0 Å². The second-order valence-electron chi connectivity index (χ2n) is 6.21. The van der Waals surface area contributed by atoms with Crippen molar-refractivity contribution in [1.82, 2.24) is 24.9 Å². The zero-order valence-electron chi connectivity index (χ0n) is 13.2. The van der Waals surface area contributed by atoms with Gasteiger partial charge in [-0.15, -0.1) is 0 Å². The molecule has 130 valence electrons. The summed E-state index contributed by atoms with van der Waals surface area (Å²) in [4.78, 5) is 16.1.